The fourth-order valence-corrected chi connectivity index (χ4v) is 2.28. The standard InChI is InChI=1S/C18H15F2N3O3/c1-25-12-5-2-4-11(10-12)18-22-16(26-23-18)9-8-15(24)21-17-13(19)6-3-7-14(17)20/h2-7,10H,8-9H2,1H3,(H,21,24). The summed E-state index contributed by atoms with van der Waals surface area (Å²) < 4.78 is 37.3. The smallest absolute Gasteiger partial charge is 0.227 e. The molecule has 3 rings (SSSR count). The highest BCUT2D eigenvalue weighted by molar-refractivity contribution is 5.91. The number of para-hydroxylation sites is 1. The summed E-state index contributed by atoms with van der Waals surface area (Å²) in [7, 11) is 1.55. The second-order valence-electron chi connectivity index (χ2n) is 5.39. The van der Waals surface area contributed by atoms with E-state index in [0.717, 1.165) is 12.1 Å². The Labute approximate surface area is 147 Å². The average Bonchev–Trinajstić information content (AvgIpc) is 3.12. The van der Waals surface area contributed by atoms with Gasteiger partial charge in [0.2, 0.25) is 17.6 Å². The van der Waals surface area contributed by atoms with Crippen LogP contribution in [-0.2, 0) is 11.2 Å². The van der Waals surface area contributed by atoms with Crippen LogP contribution in [0, 0.1) is 11.6 Å². The van der Waals surface area contributed by atoms with Crippen LogP contribution in [0.3, 0.4) is 0 Å². The van der Waals surface area contributed by atoms with E-state index in [4.69, 9.17) is 9.26 Å². The van der Waals surface area contributed by atoms with Crippen molar-refractivity contribution in [1.82, 2.24) is 10.1 Å². The third-order valence-corrected chi connectivity index (χ3v) is 3.59. The normalized spacial score (nSPS) is 10.6. The molecular weight excluding hydrogens is 344 g/mol. The van der Waals surface area contributed by atoms with E-state index in [1.165, 1.54) is 6.07 Å². The number of hydrogen-bond donors (Lipinski definition) is 1. The molecule has 0 bridgehead atoms. The van der Waals surface area contributed by atoms with Crippen molar-refractivity contribution < 1.29 is 22.8 Å². The van der Waals surface area contributed by atoms with Crippen molar-refractivity contribution >= 4 is 11.6 Å². The molecule has 1 heterocycles. The molecule has 6 nitrogen and oxygen atoms in total. The molecule has 0 atom stereocenters. The van der Waals surface area contributed by atoms with E-state index < -0.39 is 23.2 Å². The van der Waals surface area contributed by atoms with Gasteiger partial charge in [-0.2, -0.15) is 4.98 Å². The fraction of sp³-hybridized carbons (Fsp3) is 0.167. The number of aryl methyl sites for hydroxylation is 1. The summed E-state index contributed by atoms with van der Waals surface area (Å²) in [6.07, 6.45) is 0.0758. The van der Waals surface area contributed by atoms with E-state index in [2.05, 4.69) is 15.5 Å². The number of methoxy groups -OCH3 is 1. The van der Waals surface area contributed by atoms with Crippen LogP contribution in [-0.4, -0.2) is 23.2 Å². The van der Waals surface area contributed by atoms with E-state index in [0.29, 0.717) is 17.1 Å². The number of nitrogens with zero attached hydrogens (tertiary/aromatic N) is 2. The molecule has 1 aromatic heterocycles. The Morgan fingerprint density at radius 1 is 1.19 bits per heavy atom. The van der Waals surface area contributed by atoms with Crippen molar-refractivity contribution in [1.29, 1.82) is 0 Å². The Balaban J connectivity index is 1.62. The Morgan fingerprint density at radius 2 is 1.92 bits per heavy atom. The van der Waals surface area contributed by atoms with Crippen LogP contribution in [0.4, 0.5) is 14.5 Å². The number of amides is 1. The average molecular weight is 359 g/mol. The first-order chi connectivity index (χ1) is 12.6. The zero-order chi connectivity index (χ0) is 18.5. The lowest BCUT2D eigenvalue weighted by Gasteiger charge is -2.06. The maximum Gasteiger partial charge on any atom is 0.227 e. The highest BCUT2D eigenvalue weighted by atomic mass is 19.1. The minimum absolute atomic E-state index is 0.0620. The van der Waals surface area contributed by atoms with Gasteiger partial charge in [0.05, 0.1) is 7.11 Å². The predicted octanol–water partition coefficient (Wildman–Crippen LogP) is 3.59. The number of ether oxygens (including phenoxy) is 1. The molecule has 0 aliphatic heterocycles. The van der Waals surface area contributed by atoms with Crippen LogP contribution >= 0.6 is 0 Å². The molecule has 134 valence electrons. The van der Waals surface area contributed by atoms with Crippen LogP contribution in [0.25, 0.3) is 11.4 Å². The number of rotatable bonds is 6. The van der Waals surface area contributed by atoms with Gasteiger partial charge in [0, 0.05) is 18.4 Å². The number of hydrogen-bond acceptors (Lipinski definition) is 5. The zero-order valence-electron chi connectivity index (χ0n) is 13.8. The molecule has 0 aliphatic rings. The van der Waals surface area contributed by atoms with E-state index >= 15 is 0 Å². The lowest BCUT2D eigenvalue weighted by atomic mass is 10.2. The van der Waals surface area contributed by atoms with E-state index in [9.17, 15) is 13.6 Å². The topological polar surface area (TPSA) is 77.2 Å². The van der Waals surface area contributed by atoms with Gasteiger partial charge in [-0.1, -0.05) is 23.4 Å². The summed E-state index contributed by atoms with van der Waals surface area (Å²) in [5.41, 5.74) is 0.234. The number of anilines is 1. The minimum Gasteiger partial charge on any atom is -0.497 e. The summed E-state index contributed by atoms with van der Waals surface area (Å²) in [4.78, 5) is 16.1. The van der Waals surface area contributed by atoms with Gasteiger partial charge >= 0.3 is 0 Å². The van der Waals surface area contributed by atoms with Crippen molar-refractivity contribution in [2.75, 3.05) is 12.4 Å². The Kier molecular flexibility index (Phi) is 5.21. The molecular formula is C18H15F2N3O3. The van der Waals surface area contributed by atoms with Gasteiger partial charge in [-0.15, -0.1) is 0 Å². The third kappa shape index (κ3) is 4.02. The first-order valence-electron chi connectivity index (χ1n) is 7.77. The minimum atomic E-state index is -0.837. The number of carbonyl (C=O) groups is 1. The molecule has 26 heavy (non-hydrogen) atoms. The van der Waals surface area contributed by atoms with E-state index in [1.54, 1.807) is 31.4 Å². The molecule has 0 spiro atoms. The molecule has 1 N–H and O–H groups in total. The van der Waals surface area contributed by atoms with Crippen molar-refractivity contribution in [3.63, 3.8) is 0 Å². The van der Waals surface area contributed by atoms with Crippen LogP contribution in [0.15, 0.2) is 47.0 Å². The van der Waals surface area contributed by atoms with Gasteiger partial charge in [0.25, 0.3) is 0 Å². The largest absolute Gasteiger partial charge is 0.497 e. The van der Waals surface area contributed by atoms with Crippen LogP contribution in [0.1, 0.15) is 12.3 Å². The summed E-state index contributed by atoms with van der Waals surface area (Å²) in [5, 5.41) is 6.07. The number of carbonyl (C=O) groups excluding carboxylic acids is 1. The lowest BCUT2D eigenvalue weighted by Crippen LogP contribution is -2.14. The maximum atomic E-state index is 13.5. The monoisotopic (exact) mass is 359 g/mol. The highest BCUT2D eigenvalue weighted by Gasteiger charge is 2.14. The van der Waals surface area contributed by atoms with Gasteiger partial charge in [0.15, 0.2) is 0 Å². The Bertz CT molecular complexity index is 907. The molecule has 0 aliphatic carbocycles. The molecule has 2 aromatic carbocycles. The fourth-order valence-electron chi connectivity index (χ4n) is 2.28. The molecule has 0 saturated heterocycles. The summed E-state index contributed by atoms with van der Waals surface area (Å²) in [6.45, 7) is 0. The summed E-state index contributed by atoms with van der Waals surface area (Å²) in [6, 6.07) is 10.5. The van der Waals surface area contributed by atoms with Crippen LogP contribution < -0.4 is 10.1 Å². The molecule has 0 radical (unpaired) electrons. The van der Waals surface area contributed by atoms with Crippen molar-refractivity contribution in [2.45, 2.75) is 12.8 Å². The van der Waals surface area contributed by atoms with Crippen LogP contribution in [0.5, 0.6) is 5.75 Å². The maximum absolute atomic E-state index is 13.5. The van der Waals surface area contributed by atoms with Gasteiger partial charge < -0.3 is 14.6 Å². The molecule has 0 unspecified atom stereocenters. The second kappa shape index (κ2) is 7.73. The SMILES string of the molecule is COc1cccc(-c2noc(CCC(=O)Nc3c(F)cccc3F)n2)c1. The number of aromatic nitrogens is 2. The highest BCUT2D eigenvalue weighted by Crippen LogP contribution is 2.22. The summed E-state index contributed by atoms with van der Waals surface area (Å²) >= 11 is 0. The first kappa shape index (κ1) is 17.5. The Morgan fingerprint density at radius 3 is 2.65 bits per heavy atom. The number of nitrogens with one attached hydrogen (secondary N) is 1. The molecule has 0 saturated carbocycles. The quantitative estimate of drug-likeness (QED) is 0.728. The van der Waals surface area contributed by atoms with E-state index in [-0.39, 0.29) is 18.7 Å². The van der Waals surface area contributed by atoms with Crippen molar-refractivity contribution in [3.05, 3.63) is 60.0 Å². The molecule has 0 fully saturated rings. The van der Waals surface area contributed by atoms with Gasteiger partial charge in [-0.25, -0.2) is 8.78 Å². The number of benzene rings is 2. The van der Waals surface area contributed by atoms with Gasteiger partial charge in [-0.3, -0.25) is 4.79 Å². The Hall–Kier alpha value is -3.29. The molecule has 8 heteroatoms. The van der Waals surface area contributed by atoms with E-state index in [1.807, 2.05) is 0 Å². The lowest BCUT2D eigenvalue weighted by molar-refractivity contribution is -0.116. The van der Waals surface area contributed by atoms with Crippen LogP contribution in [0.2, 0.25) is 0 Å². The number of halogens is 2. The zero-order valence-corrected chi connectivity index (χ0v) is 13.8. The second-order valence-corrected chi connectivity index (χ2v) is 5.39. The summed E-state index contributed by atoms with van der Waals surface area (Å²) in [5.74, 6) is -0.977. The van der Waals surface area contributed by atoms with Crippen molar-refractivity contribution in [3.8, 4) is 17.1 Å². The first-order valence-corrected chi connectivity index (χ1v) is 7.77. The third-order valence-electron chi connectivity index (χ3n) is 3.59. The van der Waals surface area contributed by atoms with Crippen molar-refractivity contribution in [2.24, 2.45) is 0 Å². The predicted molar refractivity (Wildman–Crippen MR) is 89.6 cm³/mol. The van der Waals surface area contributed by atoms with Gasteiger partial charge in [0.1, 0.15) is 23.1 Å². The van der Waals surface area contributed by atoms with Gasteiger partial charge in [-0.05, 0) is 24.3 Å². The molecule has 3 aromatic rings. The molecule has 1 amide bonds.